The van der Waals surface area contributed by atoms with Crippen molar-refractivity contribution in [2.24, 2.45) is 0 Å². The molecule has 96 valence electrons. The monoisotopic (exact) mass is 242 g/mol. The highest BCUT2D eigenvalue weighted by atomic mass is 16.7. The van der Waals surface area contributed by atoms with Crippen LogP contribution in [0, 0.1) is 0 Å². The van der Waals surface area contributed by atoms with Crippen molar-refractivity contribution in [3.05, 3.63) is 23.8 Å². The summed E-state index contributed by atoms with van der Waals surface area (Å²) in [7, 11) is 1.24. The zero-order chi connectivity index (χ0) is 13.4. The maximum atomic E-state index is 11.3. The number of hydrogen-bond donors (Lipinski definition) is 0. The van der Waals surface area contributed by atoms with Crippen molar-refractivity contribution in [3.63, 3.8) is 0 Å². The van der Waals surface area contributed by atoms with Crippen molar-refractivity contribution in [3.8, 4) is 0 Å². The molecule has 0 aliphatic heterocycles. The molecule has 0 aromatic rings. The molecule has 17 heavy (non-hydrogen) atoms. The van der Waals surface area contributed by atoms with Gasteiger partial charge in [0.1, 0.15) is 0 Å². The lowest BCUT2D eigenvalue weighted by Gasteiger charge is -2.18. The van der Waals surface area contributed by atoms with Gasteiger partial charge >= 0.3 is 12.1 Å². The minimum atomic E-state index is -0.855. The summed E-state index contributed by atoms with van der Waals surface area (Å²) in [5.41, 5.74) is 0.726. The summed E-state index contributed by atoms with van der Waals surface area (Å²) in [6, 6.07) is 0. The maximum Gasteiger partial charge on any atom is 0.509 e. The molecule has 0 saturated carbocycles. The first-order valence-corrected chi connectivity index (χ1v) is 5.21. The van der Waals surface area contributed by atoms with Crippen molar-refractivity contribution < 1.29 is 23.8 Å². The third-order valence-corrected chi connectivity index (χ3v) is 2.11. The highest BCUT2D eigenvalue weighted by molar-refractivity contribution is 5.89. The lowest BCUT2D eigenvalue weighted by molar-refractivity contribution is -0.137. The quantitative estimate of drug-likeness (QED) is 0.420. The van der Waals surface area contributed by atoms with Crippen molar-refractivity contribution in [2.75, 3.05) is 13.7 Å². The molecule has 0 radical (unpaired) electrons. The van der Waals surface area contributed by atoms with E-state index in [9.17, 15) is 9.59 Å². The molecule has 0 saturated heterocycles. The minimum Gasteiger partial charge on any atom is -0.466 e. The maximum absolute atomic E-state index is 11.3. The fraction of sp³-hybridized carbons (Fsp3) is 0.500. The molecule has 0 fully saturated rings. The van der Waals surface area contributed by atoms with Gasteiger partial charge in [-0.25, -0.2) is 9.59 Å². The molecule has 0 spiro atoms. The third kappa shape index (κ3) is 4.72. The Kier molecular flexibility index (Phi) is 6.70. The zero-order valence-electron chi connectivity index (χ0n) is 10.6. The average Bonchev–Trinajstić information content (AvgIpc) is 2.33. The molecule has 0 bridgehead atoms. The Morgan fingerprint density at radius 2 is 2.00 bits per heavy atom. The molecule has 0 rings (SSSR count). The largest absolute Gasteiger partial charge is 0.509 e. The van der Waals surface area contributed by atoms with Crippen LogP contribution in [0.5, 0.6) is 0 Å². The molecule has 0 aliphatic rings. The van der Waals surface area contributed by atoms with Crippen LogP contribution < -0.4 is 0 Å². The fourth-order valence-corrected chi connectivity index (χ4v) is 1.08. The van der Waals surface area contributed by atoms with E-state index in [4.69, 9.17) is 4.74 Å². The molecule has 0 aromatic carbocycles. The highest BCUT2D eigenvalue weighted by Gasteiger charge is 2.25. The van der Waals surface area contributed by atoms with Crippen LogP contribution in [0.4, 0.5) is 4.79 Å². The van der Waals surface area contributed by atoms with Gasteiger partial charge in [-0.1, -0.05) is 12.7 Å². The number of carbonyl (C=O) groups is 2. The summed E-state index contributed by atoms with van der Waals surface area (Å²) in [5, 5.41) is 0. The van der Waals surface area contributed by atoms with Gasteiger partial charge in [0.15, 0.2) is 6.10 Å². The lowest BCUT2D eigenvalue weighted by atomic mass is 10.0. The van der Waals surface area contributed by atoms with Gasteiger partial charge in [0, 0.05) is 0 Å². The van der Waals surface area contributed by atoms with E-state index >= 15 is 0 Å². The molecule has 0 heterocycles. The summed E-state index contributed by atoms with van der Waals surface area (Å²) in [4.78, 5) is 22.6. The van der Waals surface area contributed by atoms with Crippen LogP contribution in [-0.2, 0) is 19.0 Å². The second-order valence-electron chi connectivity index (χ2n) is 3.23. The van der Waals surface area contributed by atoms with Gasteiger partial charge in [-0.15, -0.1) is 0 Å². The van der Waals surface area contributed by atoms with Gasteiger partial charge in [-0.3, -0.25) is 0 Å². The smallest absolute Gasteiger partial charge is 0.466 e. The Bertz CT molecular complexity index is 330. The zero-order valence-corrected chi connectivity index (χ0v) is 10.6. The van der Waals surface area contributed by atoms with E-state index in [2.05, 4.69) is 16.1 Å². The molecule has 0 N–H and O–H groups in total. The van der Waals surface area contributed by atoms with Gasteiger partial charge < -0.3 is 14.2 Å². The van der Waals surface area contributed by atoms with Crippen molar-refractivity contribution in [1.29, 1.82) is 0 Å². The number of rotatable bonds is 5. The standard InChI is InChI=1S/C12H18O5/c1-6-8(3)10(9(4)11(13)15-5)17-12(14)16-7-2/h6,10H,4,7H2,1-3,5H3/b8-6+. The first-order chi connectivity index (χ1) is 7.97. The number of methoxy groups -OCH3 is 1. The van der Waals surface area contributed by atoms with Gasteiger partial charge in [0.05, 0.1) is 19.3 Å². The number of esters is 1. The summed E-state index contributed by atoms with van der Waals surface area (Å²) >= 11 is 0. The molecular weight excluding hydrogens is 224 g/mol. The predicted octanol–water partition coefficient (Wildman–Crippen LogP) is 2.22. The number of ether oxygens (including phenoxy) is 3. The van der Waals surface area contributed by atoms with E-state index in [1.54, 1.807) is 26.8 Å². The van der Waals surface area contributed by atoms with E-state index in [-0.39, 0.29) is 12.2 Å². The van der Waals surface area contributed by atoms with E-state index in [1.807, 2.05) is 0 Å². The lowest BCUT2D eigenvalue weighted by Crippen LogP contribution is -2.26. The molecule has 0 amide bonds. The number of allylic oxidation sites excluding steroid dienone is 1. The van der Waals surface area contributed by atoms with Crippen molar-refractivity contribution in [1.82, 2.24) is 0 Å². The van der Waals surface area contributed by atoms with Gasteiger partial charge in [0.25, 0.3) is 0 Å². The Labute approximate surface area is 101 Å². The summed E-state index contributed by atoms with van der Waals surface area (Å²) in [5.74, 6) is -0.625. The number of hydrogen-bond acceptors (Lipinski definition) is 5. The Balaban J connectivity index is 4.84. The molecule has 0 aromatic heterocycles. The summed E-state index contributed by atoms with van der Waals surface area (Å²) in [6.07, 6.45) is 0.0214. The molecule has 0 aliphatic carbocycles. The van der Waals surface area contributed by atoms with Crippen LogP contribution in [0.2, 0.25) is 0 Å². The van der Waals surface area contributed by atoms with E-state index < -0.39 is 18.2 Å². The van der Waals surface area contributed by atoms with E-state index in [0.717, 1.165) is 0 Å². The SMILES string of the molecule is C=C(C(=O)OC)C(OC(=O)OCC)/C(C)=C/C. The second kappa shape index (κ2) is 7.49. The Morgan fingerprint density at radius 1 is 1.41 bits per heavy atom. The minimum absolute atomic E-state index is 0.0520. The average molecular weight is 242 g/mol. The molecular formula is C12H18O5. The third-order valence-electron chi connectivity index (χ3n) is 2.11. The van der Waals surface area contributed by atoms with Crippen LogP contribution in [-0.4, -0.2) is 31.9 Å². The van der Waals surface area contributed by atoms with Crippen molar-refractivity contribution >= 4 is 12.1 Å². The van der Waals surface area contributed by atoms with Gasteiger partial charge in [0.2, 0.25) is 0 Å². The van der Waals surface area contributed by atoms with Crippen LogP contribution in [0.25, 0.3) is 0 Å². The molecule has 1 unspecified atom stereocenters. The van der Waals surface area contributed by atoms with Crippen molar-refractivity contribution in [2.45, 2.75) is 26.9 Å². The Morgan fingerprint density at radius 3 is 2.41 bits per heavy atom. The Hall–Kier alpha value is -1.78. The molecule has 1 atom stereocenters. The first-order valence-electron chi connectivity index (χ1n) is 5.21. The van der Waals surface area contributed by atoms with Crippen LogP contribution in [0.1, 0.15) is 20.8 Å². The molecule has 5 heteroatoms. The molecule has 5 nitrogen and oxygen atoms in total. The van der Waals surface area contributed by atoms with Gasteiger partial charge in [-0.05, 0) is 26.3 Å². The normalized spacial score (nSPS) is 12.6. The summed E-state index contributed by atoms with van der Waals surface area (Å²) in [6.45, 7) is 8.91. The summed E-state index contributed by atoms with van der Waals surface area (Å²) < 4.78 is 14.2. The van der Waals surface area contributed by atoms with E-state index in [0.29, 0.717) is 5.57 Å². The first kappa shape index (κ1) is 15.2. The topological polar surface area (TPSA) is 61.8 Å². The van der Waals surface area contributed by atoms with Gasteiger partial charge in [-0.2, -0.15) is 0 Å². The van der Waals surface area contributed by atoms with Crippen LogP contribution in [0.3, 0.4) is 0 Å². The highest BCUT2D eigenvalue weighted by Crippen LogP contribution is 2.16. The fourth-order valence-electron chi connectivity index (χ4n) is 1.08. The van der Waals surface area contributed by atoms with E-state index in [1.165, 1.54) is 7.11 Å². The second-order valence-corrected chi connectivity index (χ2v) is 3.23. The van der Waals surface area contributed by atoms with Crippen LogP contribution in [0.15, 0.2) is 23.8 Å². The predicted molar refractivity (Wildman–Crippen MR) is 62.5 cm³/mol. The van der Waals surface area contributed by atoms with Crippen LogP contribution >= 0.6 is 0 Å². The number of carbonyl (C=O) groups excluding carboxylic acids is 2.